The van der Waals surface area contributed by atoms with Gasteiger partial charge < -0.3 is 11.1 Å². The third-order valence-corrected chi connectivity index (χ3v) is 3.05. The Kier molecular flexibility index (Phi) is 4.17. The minimum Gasteiger partial charge on any atom is -0.396 e. The second-order valence-electron chi connectivity index (χ2n) is 4.02. The molecule has 2 rings (SSSR count). The number of anilines is 2. The summed E-state index contributed by atoms with van der Waals surface area (Å²) in [6.07, 6.45) is 0. The van der Waals surface area contributed by atoms with Gasteiger partial charge in [-0.05, 0) is 24.3 Å². The molecule has 110 valence electrons. The topological polar surface area (TPSA) is 55.1 Å². The maximum absolute atomic E-state index is 13.7. The first kappa shape index (κ1) is 15.3. The molecule has 2 aromatic rings. The highest BCUT2D eigenvalue weighted by molar-refractivity contribution is 9.10. The van der Waals surface area contributed by atoms with E-state index in [1.165, 1.54) is 0 Å². The van der Waals surface area contributed by atoms with Crippen LogP contribution in [-0.2, 0) is 0 Å². The molecule has 2 aromatic carbocycles. The van der Waals surface area contributed by atoms with Crippen molar-refractivity contribution in [3.63, 3.8) is 0 Å². The Hall–Kier alpha value is -2.09. The largest absolute Gasteiger partial charge is 0.396 e. The normalized spacial score (nSPS) is 10.5. The fourth-order valence-corrected chi connectivity index (χ4v) is 2.02. The second-order valence-corrected chi connectivity index (χ2v) is 4.94. The smallest absolute Gasteiger partial charge is 0.261 e. The molecule has 0 bridgehead atoms. The van der Waals surface area contributed by atoms with Gasteiger partial charge in [-0.3, -0.25) is 4.79 Å². The Labute approximate surface area is 124 Å². The zero-order valence-electron chi connectivity index (χ0n) is 10.2. The van der Waals surface area contributed by atoms with Crippen LogP contribution in [0.2, 0.25) is 0 Å². The maximum atomic E-state index is 13.7. The molecule has 0 radical (unpaired) electrons. The van der Waals surface area contributed by atoms with E-state index in [-0.39, 0.29) is 4.47 Å². The first-order valence-corrected chi connectivity index (χ1v) is 6.30. The number of rotatable bonds is 2. The molecule has 0 saturated heterocycles. The van der Waals surface area contributed by atoms with E-state index in [0.29, 0.717) is 0 Å². The average Bonchev–Trinajstić information content (AvgIpc) is 2.38. The SMILES string of the molecule is Nc1ccc(F)c(C(=O)Nc2c(F)cc(Br)cc2F)c1F. The number of amides is 1. The van der Waals surface area contributed by atoms with Crippen LogP contribution in [0.3, 0.4) is 0 Å². The third kappa shape index (κ3) is 2.99. The van der Waals surface area contributed by atoms with Crippen LogP contribution in [-0.4, -0.2) is 5.91 Å². The fourth-order valence-electron chi connectivity index (χ4n) is 1.61. The van der Waals surface area contributed by atoms with E-state index in [4.69, 9.17) is 5.73 Å². The Morgan fingerprint density at radius 2 is 1.62 bits per heavy atom. The first-order valence-electron chi connectivity index (χ1n) is 5.50. The van der Waals surface area contributed by atoms with Crippen LogP contribution in [0.1, 0.15) is 10.4 Å². The monoisotopic (exact) mass is 362 g/mol. The van der Waals surface area contributed by atoms with Crippen molar-refractivity contribution in [1.82, 2.24) is 0 Å². The van der Waals surface area contributed by atoms with Crippen LogP contribution in [0.15, 0.2) is 28.7 Å². The number of nitrogens with one attached hydrogen (secondary N) is 1. The highest BCUT2D eigenvalue weighted by atomic mass is 79.9. The lowest BCUT2D eigenvalue weighted by Crippen LogP contribution is -2.18. The van der Waals surface area contributed by atoms with Crippen molar-refractivity contribution in [3.05, 3.63) is 57.6 Å². The molecule has 0 spiro atoms. The lowest BCUT2D eigenvalue weighted by atomic mass is 10.1. The van der Waals surface area contributed by atoms with Gasteiger partial charge in [0, 0.05) is 4.47 Å². The van der Waals surface area contributed by atoms with E-state index in [1.54, 1.807) is 5.32 Å². The molecule has 0 unspecified atom stereocenters. The van der Waals surface area contributed by atoms with E-state index in [1.807, 2.05) is 0 Å². The van der Waals surface area contributed by atoms with Gasteiger partial charge in [-0.2, -0.15) is 0 Å². The standard InChI is InChI=1S/C13H7BrF4N2O/c14-5-3-7(16)12(8(17)4-5)20-13(21)10-6(15)1-2-9(19)11(10)18/h1-4H,19H2,(H,20,21). The van der Waals surface area contributed by atoms with Crippen molar-refractivity contribution in [2.45, 2.75) is 0 Å². The molecular formula is C13H7BrF4N2O. The Morgan fingerprint density at radius 1 is 1.05 bits per heavy atom. The summed E-state index contributed by atoms with van der Waals surface area (Å²) in [4.78, 5) is 11.8. The lowest BCUT2D eigenvalue weighted by Gasteiger charge is -2.10. The van der Waals surface area contributed by atoms with Gasteiger partial charge in [0.15, 0.2) is 17.5 Å². The van der Waals surface area contributed by atoms with Crippen LogP contribution in [0.5, 0.6) is 0 Å². The van der Waals surface area contributed by atoms with E-state index in [0.717, 1.165) is 24.3 Å². The Bertz CT molecular complexity index is 713. The minimum atomic E-state index is -1.35. The molecule has 1 amide bonds. The summed E-state index contributed by atoms with van der Waals surface area (Å²) < 4.78 is 54.4. The molecule has 0 fully saturated rings. The summed E-state index contributed by atoms with van der Waals surface area (Å²) in [7, 11) is 0. The van der Waals surface area contributed by atoms with Crippen molar-refractivity contribution < 1.29 is 22.4 Å². The van der Waals surface area contributed by atoms with Gasteiger partial charge >= 0.3 is 0 Å². The van der Waals surface area contributed by atoms with Gasteiger partial charge in [-0.1, -0.05) is 15.9 Å². The van der Waals surface area contributed by atoms with E-state index >= 15 is 0 Å². The van der Waals surface area contributed by atoms with Gasteiger partial charge in [0.25, 0.3) is 5.91 Å². The van der Waals surface area contributed by atoms with Crippen molar-refractivity contribution in [3.8, 4) is 0 Å². The summed E-state index contributed by atoms with van der Waals surface area (Å²) in [6.45, 7) is 0. The van der Waals surface area contributed by atoms with Crippen LogP contribution >= 0.6 is 15.9 Å². The molecule has 0 saturated carbocycles. The highest BCUT2D eigenvalue weighted by Crippen LogP contribution is 2.26. The van der Waals surface area contributed by atoms with Gasteiger partial charge in [-0.15, -0.1) is 0 Å². The predicted molar refractivity (Wildman–Crippen MR) is 72.8 cm³/mol. The van der Waals surface area contributed by atoms with Gasteiger partial charge in [0.05, 0.1) is 5.69 Å². The van der Waals surface area contributed by atoms with Crippen molar-refractivity contribution in [1.29, 1.82) is 0 Å². The summed E-state index contributed by atoms with van der Waals surface area (Å²) in [6, 6.07) is 3.50. The van der Waals surface area contributed by atoms with Gasteiger partial charge in [-0.25, -0.2) is 17.6 Å². The summed E-state index contributed by atoms with van der Waals surface area (Å²) in [5.74, 6) is -6.04. The van der Waals surface area contributed by atoms with E-state index in [2.05, 4.69) is 15.9 Å². The molecule has 0 heterocycles. The van der Waals surface area contributed by atoms with Gasteiger partial charge in [0.2, 0.25) is 0 Å². The molecule has 0 aliphatic rings. The molecule has 21 heavy (non-hydrogen) atoms. The summed E-state index contributed by atoms with van der Waals surface area (Å²) in [5, 5.41) is 1.79. The van der Waals surface area contributed by atoms with Crippen molar-refractivity contribution >= 4 is 33.2 Å². The maximum Gasteiger partial charge on any atom is 0.261 e. The van der Waals surface area contributed by atoms with E-state index in [9.17, 15) is 22.4 Å². The summed E-state index contributed by atoms with van der Waals surface area (Å²) in [5.41, 5.74) is 2.93. The number of hydrogen-bond acceptors (Lipinski definition) is 2. The highest BCUT2D eigenvalue weighted by Gasteiger charge is 2.22. The second kappa shape index (κ2) is 5.72. The number of carbonyl (C=O) groups is 1. The van der Waals surface area contributed by atoms with Crippen molar-refractivity contribution in [2.75, 3.05) is 11.1 Å². The number of halogens is 5. The molecular weight excluding hydrogens is 356 g/mol. The zero-order chi connectivity index (χ0) is 15.7. The molecule has 3 N–H and O–H groups in total. The zero-order valence-corrected chi connectivity index (χ0v) is 11.8. The number of hydrogen-bond donors (Lipinski definition) is 2. The molecule has 3 nitrogen and oxygen atoms in total. The van der Waals surface area contributed by atoms with Gasteiger partial charge in [0.1, 0.15) is 17.1 Å². The third-order valence-electron chi connectivity index (χ3n) is 2.59. The van der Waals surface area contributed by atoms with E-state index < -0.39 is 46.1 Å². The van der Waals surface area contributed by atoms with Crippen LogP contribution in [0.4, 0.5) is 28.9 Å². The molecule has 0 aliphatic heterocycles. The number of carbonyl (C=O) groups excluding carboxylic acids is 1. The Morgan fingerprint density at radius 3 is 2.19 bits per heavy atom. The fraction of sp³-hybridized carbons (Fsp3) is 0. The number of benzene rings is 2. The first-order chi connectivity index (χ1) is 9.81. The van der Waals surface area contributed by atoms with Crippen LogP contribution in [0, 0.1) is 23.3 Å². The molecule has 0 aliphatic carbocycles. The van der Waals surface area contributed by atoms with Crippen LogP contribution in [0.25, 0.3) is 0 Å². The quantitative estimate of drug-likeness (QED) is 0.629. The lowest BCUT2D eigenvalue weighted by molar-refractivity contribution is 0.101. The summed E-state index contributed by atoms with van der Waals surface area (Å²) >= 11 is 2.86. The Balaban J connectivity index is 2.42. The number of nitrogens with two attached hydrogens (primary N) is 1. The van der Waals surface area contributed by atoms with Crippen molar-refractivity contribution in [2.24, 2.45) is 0 Å². The molecule has 0 aromatic heterocycles. The molecule has 0 atom stereocenters. The minimum absolute atomic E-state index is 0.108. The van der Waals surface area contributed by atoms with Crippen LogP contribution < -0.4 is 11.1 Å². The number of nitrogen functional groups attached to an aromatic ring is 1. The molecule has 8 heteroatoms. The average molecular weight is 363 g/mol. The predicted octanol–water partition coefficient (Wildman–Crippen LogP) is 3.84.